The molecular formula is C20H23N5O. The van der Waals surface area contributed by atoms with Crippen molar-refractivity contribution in [3.05, 3.63) is 60.4 Å². The highest BCUT2D eigenvalue weighted by molar-refractivity contribution is 5.50. The summed E-state index contributed by atoms with van der Waals surface area (Å²) in [5, 5.41) is 4.13. The first-order valence-electron chi connectivity index (χ1n) is 9.22. The van der Waals surface area contributed by atoms with Crippen LogP contribution in [0.1, 0.15) is 30.8 Å². The number of pyridine rings is 2. The van der Waals surface area contributed by atoms with E-state index in [1.165, 1.54) is 12.8 Å². The Morgan fingerprint density at radius 3 is 3.00 bits per heavy atom. The molecule has 1 saturated heterocycles. The number of hydrogen-bond acceptors (Lipinski definition) is 6. The van der Waals surface area contributed by atoms with Gasteiger partial charge in [0.1, 0.15) is 0 Å². The quantitative estimate of drug-likeness (QED) is 0.680. The molecule has 0 amide bonds. The first-order valence-corrected chi connectivity index (χ1v) is 9.22. The van der Waals surface area contributed by atoms with Gasteiger partial charge >= 0.3 is 0 Å². The zero-order valence-electron chi connectivity index (χ0n) is 14.8. The molecule has 1 aliphatic rings. The maximum atomic E-state index is 5.37. The zero-order valence-corrected chi connectivity index (χ0v) is 14.8. The monoisotopic (exact) mass is 349 g/mol. The van der Waals surface area contributed by atoms with Gasteiger partial charge in [0, 0.05) is 38.1 Å². The molecule has 134 valence electrons. The van der Waals surface area contributed by atoms with E-state index in [-0.39, 0.29) is 0 Å². The Kier molecular flexibility index (Phi) is 5.30. The summed E-state index contributed by atoms with van der Waals surface area (Å²) in [6, 6.07) is 9.92. The summed E-state index contributed by atoms with van der Waals surface area (Å²) in [6.45, 7) is 3.20. The maximum Gasteiger partial charge on any atom is 0.259 e. The first kappa shape index (κ1) is 16.8. The lowest BCUT2D eigenvalue weighted by molar-refractivity contribution is 0.159. The molecule has 0 aromatic carbocycles. The molecule has 4 rings (SSSR count). The van der Waals surface area contributed by atoms with Crippen LogP contribution >= 0.6 is 0 Å². The molecule has 6 nitrogen and oxygen atoms in total. The van der Waals surface area contributed by atoms with E-state index < -0.39 is 0 Å². The van der Waals surface area contributed by atoms with E-state index in [9.17, 15) is 0 Å². The standard InChI is InChI=1S/C20H23N5O/c1-2-11-22-18(7-1)15-25-12-4-5-16(14-25)8-9-19-23-20(26-24-19)17-6-3-10-21-13-17/h1-3,6-7,10-11,13,16H,4-5,8-9,12,14-15H2. The molecule has 3 aromatic rings. The minimum atomic E-state index is 0.550. The Bertz CT molecular complexity index is 805. The van der Waals surface area contributed by atoms with Crippen molar-refractivity contribution in [2.75, 3.05) is 13.1 Å². The van der Waals surface area contributed by atoms with Gasteiger partial charge in [-0.25, -0.2) is 0 Å². The summed E-state index contributed by atoms with van der Waals surface area (Å²) in [5.41, 5.74) is 2.01. The van der Waals surface area contributed by atoms with Gasteiger partial charge < -0.3 is 4.52 Å². The van der Waals surface area contributed by atoms with Gasteiger partial charge in [0.25, 0.3) is 5.89 Å². The van der Waals surface area contributed by atoms with Crippen molar-refractivity contribution in [2.24, 2.45) is 5.92 Å². The second kappa shape index (κ2) is 8.19. The SMILES string of the molecule is c1ccc(CN2CCCC(CCc3noc(-c4cccnc4)n3)C2)nc1. The molecule has 0 radical (unpaired) electrons. The van der Waals surface area contributed by atoms with Crippen molar-refractivity contribution >= 4 is 0 Å². The first-order chi connectivity index (χ1) is 12.9. The highest BCUT2D eigenvalue weighted by Crippen LogP contribution is 2.23. The fourth-order valence-electron chi connectivity index (χ4n) is 3.55. The molecule has 0 saturated carbocycles. The second-order valence-corrected chi connectivity index (χ2v) is 6.86. The largest absolute Gasteiger partial charge is 0.334 e. The molecule has 1 fully saturated rings. The van der Waals surface area contributed by atoms with Crippen molar-refractivity contribution in [3.63, 3.8) is 0 Å². The summed E-state index contributed by atoms with van der Waals surface area (Å²) < 4.78 is 5.37. The van der Waals surface area contributed by atoms with Crippen LogP contribution in [0.4, 0.5) is 0 Å². The fraction of sp³-hybridized carbons (Fsp3) is 0.400. The molecule has 1 unspecified atom stereocenters. The zero-order chi connectivity index (χ0) is 17.6. The number of hydrogen-bond donors (Lipinski definition) is 0. The molecule has 6 heteroatoms. The van der Waals surface area contributed by atoms with E-state index in [0.29, 0.717) is 11.8 Å². The van der Waals surface area contributed by atoms with Crippen LogP contribution in [0.2, 0.25) is 0 Å². The summed E-state index contributed by atoms with van der Waals surface area (Å²) >= 11 is 0. The lowest BCUT2D eigenvalue weighted by Gasteiger charge is -2.32. The van der Waals surface area contributed by atoms with Crippen LogP contribution in [-0.4, -0.2) is 38.1 Å². The van der Waals surface area contributed by atoms with Gasteiger partial charge in [0.2, 0.25) is 0 Å². The van der Waals surface area contributed by atoms with Gasteiger partial charge in [0.15, 0.2) is 5.82 Å². The van der Waals surface area contributed by atoms with Gasteiger partial charge in [-0.1, -0.05) is 11.2 Å². The molecular weight excluding hydrogens is 326 g/mol. The third-order valence-corrected chi connectivity index (χ3v) is 4.87. The van der Waals surface area contributed by atoms with Gasteiger partial charge in [-0.15, -0.1) is 0 Å². The van der Waals surface area contributed by atoms with Crippen molar-refractivity contribution in [1.82, 2.24) is 25.0 Å². The smallest absolute Gasteiger partial charge is 0.259 e. The minimum absolute atomic E-state index is 0.550. The van der Waals surface area contributed by atoms with Crippen LogP contribution in [0.15, 0.2) is 53.4 Å². The number of piperidine rings is 1. The molecule has 26 heavy (non-hydrogen) atoms. The third kappa shape index (κ3) is 4.32. The Labute approximate surface area is 153 Å². The molecule has 0 N–H and O–H groups in total. The van der Waals surface area contributed by atoms with Crippen LogP contribution in [-0.2, 0) is 13.0 Å². The van der Waals surface area contributed by atoms with E-state index >= 15 is 0 Å². The van der Waals surface area contributed by atoms with Gasteiger partial charge in [-0.3, -0.25) is 14.9 Å². The lowest BCUT2D eigenvalue weighted by Crippen LogP contribution is -2.35. The summed E-state index contributed by atoms with van der Waals surface area (Å²) in [6.07, 6.45) is 9.80. The average Bonchev–Trinajstić information content (AvgIpc) is 3.17. The number of aryl methyl sites for hydroxylation is 1. The Hall–Kier alpha value is -2.60. The average molecular weight is 349 g/mol. The van der Waals surface area contributed by atoms with Crippen LogP contribution in [0.5, 0.6) is 0 Å². The summed E-state index contributed by atoms with van der Waals surface area (Å²) in [5.74, 6) is 2.01. The van der Waals surface area contributed by atoms with Gasteiger partial charge in [-0.2, -0.15) is 4.98 Å². The van der Waals surface area contributed by atoms with Gasteiger partial charge in [-0.05, 0) is 56.0 Å². The van der Waals surface area contributed by atoms with Crippen molar-refractivity contribution in [2.45, 2.75) is 32.2 Å². The number of aromatic nitrogens is 4. The van der Waals surface area contributed by atoms with Crippen LogP contribution in [0, 0.1) is 5.92 Å². The number of rotatable bonds is 6. The second-order valence-electron chi connectivity index (χ2n) is 6.86. The normalized spacial score (nSPS) is 18.1. The van der Waals surface area contributed by atoms with Crippen LogP contribution in [0.3, 0.4) is 0 Å². The minimum Gasteiger partial charge on any atom is -0.334 e. The van der Waals surface area contributed by atoms with E-state index in [1.807, 2.05) is 24.4 Å². The Morgan fingerprint density at radius 2 is 2.15 bits per heavy atom. The summed E-state index contributed by atoms with van der Waals surface area (Å²) in [7, 11) is 0. The third-order valence-electron chi connectivity index (χ3n) is 4.87. The fourth-order valence-corrected chi connectivity index (χ4v) is 3.55. The van der Waals surface area contributed by atoms with Crippen LogP contribution < -0.4 is 0 Å². The molecule has 0 bridgehead atoms. The molecule has 1 aliphatic heterocycles. The highest BCUT2D eigenvalue weighted by atomic mass is 16.5. The van der Waals surface area contributed by atoms with E-state index in [1.54, 1.807) is 12.4 Å². The number of likely N-dealkylation sites (tertiary alicyclic amines) is 1. The predicted molar refractivity (Wildman–Crippen MR) is 98.1 cm³/mol. The van der Waals surface area contributed by atoms with E-state index in [4.69, 9.17) is 4.52 Å². The summed E-state index contributed by atoms with van der Waals surface area (Å²) in [4.78, 5) is 15.6. The lowest BCUT2D eigenvalue weighted by atomic mass is 9.93. The molecule has 0 aliphatic carbocycles. The Balaban J connectivity index is 1.30. The predicted octanol–water partition coefficient (Wildman–Crippen LogP) is 3.37. The van der Waals surface area contributed by atoms with E-state index in [2.05, 4.69) is 37.1 Å². The van der Waals surface area contributed by atoms with E-state index in [0.717, 1.165) is 49.6 Å². The molecule has 3 aromatic heterocycles. The number of nitrogens with zero attached hydrogens (tertiary/aromatic N) is 5. The Morgan fingerprint density at radius 1 is 1.15 bits per heavy atom. The van der Waals surface area contributed by atoms with Crippen molar-refractivity contribution < 1.29 is 4.52 Å². The molecule has 0 spiro atoms. The maximum absolute atomic E-state index is 5.37. The molecule has 1 atom stereocenters. The van der Waals surface area contributed by atoms with Crippen molar-refractivity contribution in [1.29, 1.82) is 0 Å². The molecule has 4 heterocycles. The highest BCUT2D eigenvalue weighted by Gasteiger charge is 2.21. The van der Waals surface area contributed by atoms with Gasteiger partial charge in [0.05, 0.1) is 11.3 Å². The topological polar surface area (TPSA) is 67.9 Å². The van der Waals surface area contributed by atoms with Crippen LogP contribution in [0.25, 0.3) is 11.5 Å². The van der Waals surface area contributed by atoms with Crippen molar-refractivity contribution in [3.8, 4) is 11.5 Å².